The highest BCUT2D eigenvalue weighted by Crippen LogP contribution is 2.34. The van der Waals surface area contributed by atoms with E-state index in [1.165, 1.54) is 43.5 Å². The van der Waals surface area contributed by atoms with Crippen molar-refractivity contribution in [2.24, 2.45) is 0 Å². The molecule has 0 fully saturated rings. The summed E-state index contributed by atoms with van der Waals surface area (Å²) in [6, 6.07) is 8.44. The van der Waals surface area contributed by atoms with Gasteiger partial charge in [0, 0.05) is 18.7 Å². The minimum absolute atomic E-state index is 0.0292. The molecule has 0 aliphatic heterocycles. The van der Waals surface area contributed by atoms with E-state index in [4.69, 9.17) is 4.42 Å². The van der Waals surface area contributed by atoms with Gasteiger partial charge in [-0.05, 0) is 43.3 Å². The van der Waals surface area contributed by atoms with Crippen LogP contribution in [0.25, 0.3) is 5.69 Å². The molecule has 174 valence electrons. The molecule has 0 saturated heterocycles. The van der Waals surface area contributed by atoms with Crippen molar-refractivity contribution in [3.8, 4) is 5.69 Å². The number of nitrogens with one attached hydrogen (secondary N) is 2. The van der Waals surface area contributed by atoms with E-state index >= 15 is 0 Å². The van der Waals surface area contributed by atoms with Crippen molar-refractivity contribution in [3.63, 3.8) is 0 Å². The summed E-state index contributed by atoms with van der Waals surface area (Å²) in [5.41, 5.74) is -1.60. The van der Waals surface area contributed by atoms with Crippen LogP contribution in [0, 0.1) is 0 Å². The number of alkyl halides is 3. The Kier molecular flexibility index (Phi) is 7.16. The second-order valence-corrected chi connectivity index (χ2v) is 6.62. The summed E-state index contributed by atoms with van der Waals surface area (Å²) in [6.07, 6.45) is -2.74. The Morgan fingerprint density at radius 1 is 1.15 bits per heavy atom. The number of aromatic nitrogens is 2. The number of nitrogens with zero attached hydrogens (tertiary/aromatic N) is 2. The molecule has 1 aromatic carbocycles. The minimum Gasteiger partial charge on any atom is -0.462 e. The van der Waals surface area contributed by atoms with Crippen molar-refractivity contribution in [1.29, 1.82) is 0 Å². The van der Waals surface area contributed by atoms with Crippen LogP contribution in [0.15, 0.2) is 53.3 Å². The number of furan rings is 1. The smallest absolute Gasteiger partial charge is 0.434 e. The summed E-state index contributed by atoms with van der Waals surface area (Å²) in [5, 5.41) is 8.78. The third-order valence-corrected chi connectivity index (χ3v) is 4.31. The van der Waals surface area contributed by atoms with E-state index in [1.807, 2.05) is 0 Å². The number of ether oxygens (including phenoxy) is 1. The number of carbonyl (C=O) groups excluding carboxylic acids is 3. The van der Waals surface area contributed by atoms with E-state index in [0.29, 0.717) is 10.4 Å². The maximum Gasteiger partial charge on any atom is 0.434 e. The lowest BCUT2D eigenvalue weighted by atomic mass is 10.2. The monoisotopic (exact) mass is 464 g/mol. The first-order chi connectivity index (χ1) is 15.7. The van der Waals surface area contributed by atoms with Crippen LogP contribution in [-0.4, -0.2) is 40.7 Å². The van der Waals surface area contributed by atoms with Crippen molar-refractivity contribution < 1.29 is 36.7 Å². The van der Waals surface area contributed by atoms with Gasteiger partial charge in [-0.2, -0.15) is 18.3 Å². The molecule has 2 amide bonds. The summed E-state index contributed by atoms with van der Waals surface area (Å²) in [6.45, 7) is 1.46. The lowest BCUT2D eigenvalue weighted by Gasteiger charge is -2.13. The summed E-state index contributed by atoms with van der Waals surface area (Å²) < 4.78 is 50.9. The standard InChI is InChI=1S/C21H19F3N4O5/c1-2-32-20(31)15-12-26-28(18(15)21(22,23)24)14-7-5-13(6-8-14)27-17(29)9-10-25-19(30)16-4-3-11-33-16/h3-8,11-12H,2,9-10H2,1H3,(H,25,30)(H,27,29). The van der Waals surface area contributed by atoms with E-state index in [0.717, 1.165) is 6.20 Å². The molecular formula is C21H19F3N4O5. The molecule has 12 heteroatoms. The maximum absolute atomic E-state index is 13.6. The molecule has 3 rings (SSSR count). The van der Waals surface area contributed by atoms with Gasteiger partial charge in [0.05, 0.1) is 24.8 Å². The Morgan fingerprint density at radius 2 is 1.88 bits per heavy atom. The summed E-state index contributed by atoms with van der Waals surface area (Å²) >= 11 is 0. The molecule has 2 aromatic heterocycles. The van der Waals surface area contributed by atoms with Crippen LogP contribution >= 0.6 is 0 Å². The van der Waals surface area contributed by atoms with Crippen LogP contribution in [0.2, 0.25) is 0 Å². The highest BCUT2D eigenvalue weighted by Gasteiger charge is 2.41. The largest absolute Gasteiger partial charge is 0.462 e. The van der Waals surface area contributed by atoms with Crippen LogP contribution in [-0.2, 0) is 15.7 Å². The van der Waals surface area contributed by atoms with Crippen LogP contribution < -0.4 is 10.6 Å². The topological polar surface area (TPSA) is 115 Å². The van der Waals surface area contributed by atoms with Gasteiger partial charge in [0.1, 0.15) is 5.56 Å². The van der Waals surface area contributed by atoms with E-state index in [-0.39, 0.29) is 31.0 Å². The van der Waals surface area contributed by atoms with Crippen LogP contribution in [0.1, 0.15) is 40.0 Å². The second-order valence-electron chi connectivity index (χ2n) is 6.62. The van der Waals surface area contributed by atoms with Gasteiger partial charge in [0.2, 0.25) is 5.91 Å². The Balaban J connectivity index is 1.65. The number of amides is 2. The van der Waals surface area contributed by atoms with Crippen molar-refractivity contribution in [3.05, 3.63) is 65.9 Å². The average molecular weight is 464 g/mol. The molecule has 3 aromatic rings. The molecule has 2 heterocycles. The molecule has 0 aliphatic rings. The zero-order chi connectivity index (χ0) is 24.0. The lowest BCUT2D eigenvalue weighted by molar-refractivity contribution is -0.143. The van der Waals surface area contributed by atoms with Gasteiger partial charge in [-0.3, -0.25) is 9.59 Å². The molecule has 0 saturated carbocycles. The van der Waals surface area contributed by atoms with Crippen molar-refractivity contribution in [1.82, 2.24) is 15.1 Å². The second kappa shape index (κ2) is 10.0. The molecule has 33 heavy (non-hydrogen) atoms. The average Bonchev–Trinajstić information content (AvgIpc) is 3.44. The molecule has 2 N–H and O–H groups in total. The molecular weight excluding hydrogens is 445 g/mol. The third kappa shape index (κ3) is 5.79. The first-order valence-corrected chi connectivity index (χ1v) is 9.75. The zero-order valence-electron chi connectivity index (χ0n) is 17.3. The first-order valence-electron chi connectivity index (χ1n) is 9.75. The SMILES string of the molecule is CCOC(=O)c1cnn(-c2ccc(NC(=O)CCNC(=O)c3ccco3)cc2)c1C(F)(F)F. The first kappa shape index (κ1) is 23.6. The highest BCUT2D eigenvalue weighted by molar-refractivity contribution is 5.93. The van der Waals surface area contributed by atoms with Gasteiger partial charge in [-0.25, -0.2) is 9.48 Å². The third-order valence-electron chi connectivity index (χ3n) is 4.31. The van der Waals surface area contributed by atoms with Crippen LogP contribution in [0.5, 0.6) is 0 Å². The van der Waals surface area contributed by atoms with E-state index in [2.05, 4.69) is 20.5 Å². The van der Waals surface area contributed by atoms with Crippen LogP contribution in [0.3, 0.4) is 0 Å². The highest BCUT2D eigenvalue weighted by atomic mass is 19.4. The fourth-order valence-corrected chi connectivity index (χ4v) is 2.87. The van der Waals surface area contributed by atoms with Gasteiger partial charge < -0.3 is 19.8 Å². The van der Waals surface area contributed by atoms with Gasteiger partial charge in [0.15, 0.2) is 11.5 Å². The normalized spacial score (nSPS) is 11.2. The Bertz CT molecular complexity index is 1120. The zero-order valence-corrected chi connectivity index (χ0v) is 17.3. The number of hydrogen-bond acceptors (Lipinski definition) is 6. The van der Waals surface area contributed by atoms with Gasteiger partial charge >= 0.3 is 12.1 Å². The van der Waals surface area contributed by atoms with Gasteiger partial charge in [-0.1, -0.05) is 0 Å². The summed E-state index contributed by atoms with van der Waals surface area (Å²) in [4.78, 5) is 35.7. The lowest BCUT2D eigenvalue weighted by Crippen LogP contribution is -2.27. The van der Waals surface area contributed by atoms with Crippen LogP contribution in [0.4, 0.5) is 18.9 Å². The molecule has 9 nitrogen and oxygen atoms in total. The molecule has 0 radical (unpaired) electrons. The molecule has 0 aliphatic carbocycles. The molecule has 0 atom stereocenters. The van der Waals surface area contributed by atoms with Crippen molar-refractivity contribution >= 4 is 23.5 Å². The minimum atomic E-state index is -4.86. The van der Waals surface area contributed by atoms with E-state index in [1.54, 1.807) is 6.07 Å². The quantitative estimate of drug-likeness (QED) is 0.494. The fraction of sp³-hybridized carbons (Fsp3) is 0.238. The predicted octanol–water partition coefficient (Wildman–Crippen LogP) is 3.42. The number of rotatable bonds is 8. The van der Waals surface area contributed by atoms with E-state index in [9.17, 15) is 27.6 Å². The number of anilines is 1. The Morgan fingerprint density at radius 3 is 2.48 bits per heavy atom. The fourth-order valence-electron chi connectivity index (χ4n) is 2.87. The number of esters is 1. The number of hydrogen-bond donors (Lipinski definition) is 2. The number of carbonyl (C=O) groups is 3. The van der Waals surface area contributed by atoms with E-state index < -0.39 is 35.2 Å². The number of halogens is 3. The Labute approximate surface area is 185 Å². The van der Waals surface area contributed by atoms with Crippen molar-refractivity contribution in [2.75, 3.05) is 18.5 Å². The van der Waals surface area contributed by atoms with Crippen molar-refractivity contribution in [2.45, 2.75) is 19.5 Å². The molecule has 0 bridgehead atoms. The molecule has 0 unspecified atom stereocenters. The number of benzene rings is 1. The van der Waals surface area contributed by atoms with Gasteiger partial charge in [0.25, 0.3) is 5.91 Å². The predicted molar refractivity (Wildman–Crippen MR) is 109 cm³/mol. The summed E-state index contributed by atoms with van der Waals surface area (Å²) in [5.74, 6) is -1.88. The maximum atomic E-state index is 13.6. The van der Waals surface area contributed by atoms with Gasteiger partial charge in [-0.15, -0.1) is 0 Å². The summed E-state index contributed by atoms with van der Waals surface area (Å²) in [7, 11) is 0. The Hall–Kier alpha value is -4.09. The molecule has 0 spiro atoms.